The molecule has 1 unspecified atom stereocenters. The number of rotatable bonds is 14. The SMILES string of the molecule is C#CCCCOC(=O)NC(Cc1ccc(NC(=O)OC(C)(C)C)cc1)P(=O)(Oc1ccc(NC(C)=O)cc1)Oc1ccc(NC(C)=O)cc1. The number of anilines is 3. The van der Waals surface area contributed by atoms with Gasteiger partial charge in [-0.15, -0.1) is 12.3 Å². The lowest BCUT2D eigenvalue weighted by molar-refractivity contribution is -0.115. The highest BCUT2D eigenvalue weighted by molar-refractivity contribution is 7.55. The first-order chi connectivity index (χ1) is 23.1. The molecule has 4 N–H and O–H groups in total. The maximum absolute atomic E-state index is 14.9. The number of alkyl carbamates (subject to hydrolysis) is 1. The van der Waals surface area contributed by atoms with Crippen molar-refractivity contribution >= 4 is 48.7 Å². The third-order valence-electron chi connectivity index (χ3n) is 6.21. The van der Waals surface area contributed by atoms with Gasteiger partial charge in [0.2, 0.25) is 11.8 Å². The van der Waals surface area contributed by atoms with Crippen molar-refractivity contribution in [3.63, 3.8) is 0 Å². The molecule has 0 spiro atoms. The first-order valence-electron chi connectivity index (χ1n) is 15.3. The van der Waals surface area contributed by atoms with Gasteiger partial charge in [-0.25, -0.2) is 14.2 Å². The number of nitrogens with one attached hydrogen (secondary N) is 4. The van der Waals surface area contributed by atoms with Crippen molar-refractivity contribution in [1.29, 1.82) is 0 Å². The van der Waals surface area contributed by atoms with Crippen molar-refractivity contribution in [3.8, 4) is 23.8 Å². The number of carbonyl (C=O) groups is 4. The minimum atomic E-state index is -4.39. The van der Waals surface area contributed by atoms with E-state index in [0.717, 1.165) is 0 Å². The van der Waals surface area contributed by atoms with E-state index in [1.807, 2.05) is 0 Å². The Kier molecular flexibility index (Phi) is 13.7. The third-order valence-corrected chi connectivity index (χ3v) is 8.21. The molecule has 14 heteroatoms. The van der Waals surface area contributed by atoms with Crippen LogP contribution in [0.1, 0.15) is 53.0 Å². The Morgan fingerprint density at radius 1 is 0.755 bits per heavy atom. The van der Waals surface area contributed by atoms with Crippen molar-refractivity contribution in [1.82, 2.24) is 5.32 Å². The van der Waals surface area contributed by atoms with Crippen LogP contribution in [0.3, 0.4) is 0 Å². The zero-order valence-corrected chi connectivity index (χ0v) is 28.9. The zero-order valence-electron chi connectivity index (χ0n) is 28.0. The number of terminal acetylenes is 1. The van der Waals surface area contributed by atoms with Crippen molar-refractivity contribution in [2.45, 2.75) is 65.3 Å². The van der Waals surface area contributed by atoms with E-state index in [9.17, 15) is 23.7 Å². The molecule has 0 aliphatic rings. The van der Waals surface area contributed by atoms with E-state index in [2.05, 4.69) is 27.2 Å². The molecule has 4 amide bonds. The average Bonchev–Trinajstić information content (AvgIpc) is 3.00. The predicted octanol–water partition coefficient (Wildman–Crippen LogP) is 7.31. The minimum absolute atomic E-state index is 0.0228. The lowest BCUT2D eigenvalue weighted by Crippen LogP contribution is -2.39. The fourth-order valence-electron chi connectivity index (χ4n) is 4.17. The largest absolute Gasteiger partial charge is 0.453 e. The Morgan fingerprint density at radius 2 is 1.22 bits per heavy atom. The molecule has 260 valence electrons. The molecule has 0 saturated carbocycles. The van der Waals surface area contributed by atoms with Crippen LogP contribution >= 0.6 is 7.60 Å². The summed E-state index contributed by atoms with van der Waals surface area (Å²) in [6, 6.07) is 18.8. The smallest absolute Gasteiger partial charge is 0.450 e. The van der Waals surface area contributed by atoms with Crippen LogP contribution in [0.2, 0.25) is 0 Å². The number of benzene rings is 3. The zero-order chi connectivity index (χ0) is 36.0. The minimum Gasteiger partial charge on any atom is -0.450 e. The Bertz CT molecular complexity index is 1610. The number of unbranched alkanes of at least 4 members (excludes halogenated alkanes) is 1. The van der Waals surface area contributed by atoms with Gasteiger partial charge < -0.3 is 34.5 Å². The van der Waals surface area contributed by atoms with Crippen LogP contribution < -0.4 is 30.3 Å². The summed E-state index contributed by atoms with van der Waals surface area (Å²) in [5.41, 5.74) is 1.32. The van der Waals surface area contributed by atoms with Gasteiger partial charge in [0.25, 0.3) is 0 Å². The van der Waals surface area contributed by atoms with Crippen LogP contribution in [0.25, 0.3) is 0 Å². The second-order valence-corrected chi connectivity index (χ2v) is 13.8. The highest BCUT2D eigenvalue weighted by Crippen LogP contribution is 2.53. The summed E-state index contributed by atoms with van der Waals surface area (Å²) in [5.74, 6) is 0.866. The Labute approximate surface area is 286 Å². The molecule has 0 saturated heterocycles. The molecule has 0 heterocycles. The number of hydrogen-bond acceptors (Lipinski definition) is 9. The number of carbonyl (C=O) groups excluding carboxylic acids is 4. The molecule has 49 heavy (non-hydrogen) atoms. The summed E-state index contributed by atoms with van der Waals surface area (Å²) in [4.78, 5) is 48.2. The maximum Gasteiger partial charge on any atom is 0.453 e. The van der Waals surface area contributed by atoms with Gasteiger partial charge in [0.1, 0.15) is 17.1 Å². The number of amides is 4. The number of hydrogen-bond donors (Lipinski definition) is 4. The fraction of sp³-hybridized carbons (Fsp3) is 0.314. The van der Waals surface area contributed by atoms with E-state index < -0.39 is 31.2 Å². The summed E-state index contributed by atoms with van der Waals surface area (Å²) in [6.45, 7) is 8.01. The van der Waals surface area contributed by atoms with Gasteiger partial charge in [-0.2, -0.15) is 0 Å². The van der Waals surface area contributed by atoms with Gasteiger partial charge in [-0.1, -0.05) is 12.1 Å². The summed E-state index contributed by atoms with van der Waals surface area (Å²) in [7, 11) is -4.39. The molecule has 13 nitrogen and oxygen atoms in total. The molecule has 0 aliphatic heterocycles. The van der Waals surface area contributed by atoms with Crippen LogP contribution in [0, 0.1) is 12.3 Å². The lowest BCUT2D eigenvalue weighted by Gasteiger charge is -2.28. The van der Waals surface area contributed by atoms with Gasteiger partial charge in [0.05, 0.1) is 6.61 Å². The average molecular weight is 693 g/mol. The van der Waals surface area contributed by atoms with E-state index >= 15 is 0 Å². The van der Waals surface area contributed by atoms with Gasteiger partial charge in [0.15, 0.2) is 5.78 Å². The van der Waals surface area contributed by atoms with Crippen LogP contribution in [0.15, 0.2) is 72.8 Å². The molecule has 0 aromatic heterocycles. The van der Waals surface area contributed by atoms with Crippen molar-refractivity contribution in [2.24, 2.45) is 0 Å². The molecule has 3 aromatic carbocycles. The van der Waals surface area contributed by atoms with E-state index in [4.69, 9.17) is 24.9 Å². The van der Waals surface area contributed by atoms with Gasteiger partial charge >= 0.3 is 19.8 Å². The first-order valence-corrected chi connectivity index (χ1v) is 17.0. The fourth-order valence-corrected chi connectivity index (χ4v) is 5.99. The first kappa shape index (κ1) is 38.0. The molecule has 0 aliphatic carbocycles. The normalized spacial score (nSPS) is 11.6. The molecule has 3 rings (SSSR count). The van der Waals surface area contributed by atoms with Gasteiger partial charge in [0, 0.05) is 43.8 Å². The summed E-state index contributed by atoms with van der Waals surface area (Å²) < 4.78 is 37.6. The molecule has 0 bridgehead atoms. The topological polar surface area (TPSA) is 170 Å². The van der Waals surface area contributed by atoms with E-state index in [0.29, 0.717) is 35.5 Å². The van der Waals surface area contributed by atoms with Crippen molar-refractivity contribution in [2.75, 3.05) is 22.6 Å². The second-order valence-electron chi connectivity index (χ2n) is 11.8. The predicted molar refractivity (Wildman–Crippen MR) is 187 cm³/mol. The molecule has 0 fully saturated rings. The van der Waals surface area contributed by atoms with Crippen molar-refractivity contribution in [3.05, 3.63) is 78.4 Å². The standard InChI is InChI=1S/C35H41N4O9P/c1-7-8-9-22-45-33(42)39-32(23-26-10-12-29(13-11-26)38-34(43)46-35(4,5)6)49(44,47-30-18-14-27(15-19-30)36-24(2)40)48-31-20-16-28(17-21-31)37-25(3)41/h1,10-21,32H,8-9,22-23H2,2-6H3,(H,36,40)(H,37,41)(H,38,43)(H,39,42). The van der Waals surface area contributed by atoms with Crippen LogP contribution in [0.5, 0.6) is 11.5 Å². The van der Waals surface area contributed by atoms with Crippen LogP contribution in [-0.2, 0) is 30.0 Å². The Morgan fingerprint density at radius 3 is 1.67 bits per heavy atom. The second kappa shape index (κ2) is 17.6. The molecular weight excluding hydrogens is 651 g/mol. The number of ether oxygens (including phenoxy) is 2. The van der Waals surface area contributed by atoms with Crippen molar-refractivity contribution < 1.29 is 42.3 Å². The third kappa shape index (κ3) is 13.7. The maximum atomic E-state index is 14.9. The van der Waals surface area contributed by atoms with E-state index in [1.165, 1.54) is 38.1 Å². The lowest BCUT2D eigenvalue weighted by atomic mass is 10.1. The molecular formula is C35H41N4O9P. The summed E-state index contributed by atoms with van der Waals surface area (Å²) >= 11 is 0. The monoisotopic (exact) mass is 692 g/mol. The Balaban J connectivity index is 1.97. The molecule has 0 radical (unpaired) electrons. The summed E-state index contributed by atoms with van der Waals surface area (Å²) in [6.07, 6.45) is 4.55. The molecule has 1 atom stereocenters. The Hall–Kier alpha value is -5.47. The molecule has 3 aromatic rings. The van der Waals surface area contributed by atoms with Gasteiger partial charge in [-0.3, -0.25) is 14.9 Å². The highest BCUT2D eigenvalue weighted by Gasteiger charge is 2.41. The van der Waals surface area contributed by atoms with Crippen LogP contribution in [-0.4, -0.2) is 42.0 Å². The van der Waals surface area contributed by atoms with Crippen LogP contribution in [0.4, 0.5) is 26.7 Å². The van der Waals surface area contributed by atoms with Gasteiger partial charge in [-0.05, 0) is 93.4 Å². The van der Waals surface area contributed by atoms with E-state index in [-0.39, 0.29) is 36.3 Å². The quantitative estimate of drug-likeness (QED) is 0.0768. The highest BCUT2D eigenvalue weighted by atomic mass is 31.2. The van der Waals surface area contributed by atoms with E-state index in [1.54, 1.807) is 69.3 Å². The summed E-state index contributed by atoms with van der Waals surface area (Å²) in [5, 5.41) is 10.6.